The van der Waals surface area contributed by atoms with E-state index in [1.54, 1.807) is 0 Å². The third-order valence-electron chi connectivity index (χ3n) is 2.95. The summed E-state index contributed by atoms with van der Waals surface area (Å²) in [6.45, 7) is 6.25. The normalized spacial score (nSPS) is 12.9. The minimum Gasteiger partial charge on any atom is -0.374 e. The van der Waals surface area contributed by atoms with Crippen molar-refractivity contribution < 1.29 is 0 Å². The Morgan fingerprint density at radius 3 is 2.27 bits per heavy atom. The second kappa shape index (κ2) is 5.76. The first-order chi connectivity index (χ1) is 7.15. The van der Waals surface area contributed by atoms with Crippen LogP contribution in [0.4, 0.5) is 5.69 Å². The lowest BCUT2D eigenvalue weighted by Gasteiger charge is -2.27. The SMILES string of the molecule is CC(C)C(CN)CN(C)c1ccccc1. The maximum absolute atomic E-state index is 5.77. The van der Waals surface area contributed by atoms with Gasteiger partial charge in [-0.05, 0) is 30.5 Å². The minimum atomic E-state index is 0.565. The largest absolute Gasteiger partial charge is 0.374 e. The van der Waals surface area contributed by atoms with E-state index >= 15 is 0 Å². The van der Waals surface area contributed by atoms with Crippen LogP contribution < -0.4 is 10.6 Å². The van der Waals surface area contributed by atoms with Crippen molar-refractivity contribution in [3.8, 4) is 0 Å². The summed E-state index contributed by atoms with van der Waals surface area (Å²) in [5.74, 6) is 1.20. The van der Waals surface area contributed by atoms with Crippen molar-refractivity contribution in [1.82, 2.24) is 0 Å². The molecule has 0 aromatic heterocycles. The molecule has 0 saturated carbocycles. The molecule has 84 valence electrons. The summed E-state index contributed by atoms with van der Waals surface area (Å²) in [6.07, 6.45) is 0. The Kier molecular flexibility index (Phi) is 4.63. The van der Waals surface area contributed by atoms with Crippen molar-refractivity contribution in [1.29, 1.82) is 0 Å². The maximum Gasteiger partial charge on any atom is 0.0363 e. The number of para-hydroxylation sites is 1. The van der Waals surface area contributed by atoms with Crippen molar-refractivity contribution in [2.45, 2.75) is 13.8 Å². The zero-order chi connectivity index (χ0) is 11.3. The van der Waals surface area contributed by atoms with Gasteiger partial charge in [-0.25, -0.2) is 0 Å². The molecule has 2 heteroatoms. The van der Waals surface area contributed by atoms with Crippen LogP contribution in [-0.4, -0.2) is 20.1 Å². The first-order valence-corrected chi connectivity index (χ1v) is 5.61. The fraction of sp³-hybridized carbons (Fsp3) is 0.538. The van der Waals surface area contributed by atoms with Gasteiger partial charge in [0.05, 0.1) is 0 Å². The molecule has 1 aromatic rings. The molecule has 2 nitrogen and oxygen atoms in total. The zero-order valence-electron chi connectivity index (χ0n) is 9.98. The molecule has 0 aliphatic carbocycles. The van der Waals surface area contributed by atoms with Crippen LogP contribution in [0.1, 0.15) is 13.8 Å². The Bertz CT molecular complexity index is 269. The molecule has 1 aromatic carbocycles. The molecule has 0 fully saturated rings. The Morgan fingerprint density at radius 1 is 1.20 bits per heavy atom. The van der Waals surface area contributed by atoms with Gasteiger partial charge in [-0.2, -0.15) is 0 Å². The third kappa shape index (κ3) is 3.56. The molecule has 15 heavy (non-hydrogen) atoms. The maximum atomic E-state index is 5.77. The molecule has 0 bridgehead atoms. The quantitative estimate of drug-likeness (QED) is 0.801. The third-order valence-corrected chi connectivity index (χ3v) is 2.95. The van der Waals surface area contributed by atoms with Crippen molar-refractivity contribution in [2.75, 3.05) is 25.0 Å². The Hall–Kier alpha value is -1.02. The summed E-state index contributed by atoms with van der Waals surface area (Å²) < 4.78 is 0. The van der Waals surface area contributed by atoms with Crippen molar-refractivity contribution >= 4 is 5.69 Å². The molecule has 1 rings (SSSR count). The monoisotopic (exact) mass is 206 g/mol. The fourth-order valence-corrected chi connectivity index (χ4v) is 1.70. The second-order valence-corrected chi connectivity index (χ2v) is 4.46. The van der Waals surface area contributed by atoms with E-state index in [0.29, 0.717) is 11.8 Å². The van der Waals surface area contributed by atoms with Gasteiger partial charge in [0, 0.05) is 19.3 Å². The van der Waals surface area contributed by atoms with Crippen LogP contribution >= 0.6 is 0 Å². The van der Waals surface area contributed by atoms with E-state index in [1.165, 1.54) is 5.69 Å². The van der Waals surface area contributed by atoms with Crippen LogP contribution in [0.3, 0.4) is 0 Å². The molecular formula is C13H22N2. The lowest BCUT2D eigenvalue weighted by atomic mass is 9.95. The smallest absolute Gasteiger partial charge is 0.0363 e. The highest BCUT2D eigenvalue weighted by Crippen LogP contribution is 2.16. The summed E-state index contributed by atoms with van der Waals surface area (Å²) >= 11 is 0. The van der Waals surface area contributed by atoms with E-state index in [9.17, 15) is 0 Å². The molecule has 0 spiro atoms. The predicted molar refractivity (Wildman–Crippen MR) is 67.1 cm³/mol. The number of anilines is 1. The number of benzene rings is 1. The van der Waals surface area contributed by atoms with E-state index in [1.807, 2.05) is 6.07 Å². The Morgan fingerprint density at radius 2 is 1.80 bits per heavy atom. The van der Waals surface area contributed by atoms with Gasteiger partial charge in [0.25, 0.3) is 0 Å². The van der Waals surface area contributed by atoms with Crippen molar-refractivity contribution in [2.24, 2.45) is 17.6 Å². The van der Waals surface area contributed by atoms with Gasteiger partial charge in [0.15, 0.2) is 0 Å². The second-order valence-electron chi connectivity index (χ2n) is 4.46. The number of hydrogen-bond acceptors (Lipinski definition) is 2. The molecule has 0 aliphatic rings. The summed E-state index contributed by atoms with van der Waals surface area (Å²) in [7, 11) is 2.13. The van der Waals surface area contributed by atoms with Gasteiger partial charge in [0.1, 0.15) is 0 Å². The first kappa shape index (κ1) is 12.1. The molecule has 2 N–H and O–H groups in total. The average Bonchev–Trinajstić information content (AvgIpc) is 2.26. The zero-order valence-corrected chi connectivity index (χ0v) is 9.98. The first-order valence-electron chi connectivity index (χ1n) is 5.61. The van der Waals surface area contributed by atoms with Crippen LogP contribution in [0, 0.1) is 11.8 Å². The standard InChI is InChI=1S/C13H22N2/c1-11(2)12(9-14)10-15(3)13-7-5-4-6-8-13/h4-8,11-12H,9-10,14H2,1-3H3. The topological polar surface area (TPSA) is 29.3 Å². The van der Waals surface area contributed by atoms with Crippen molar-refractivity contribution in [3.63, 3.8) is 0 Å². The van der Waals surface area contributed by atoms with Crippen LogP contribution in [0.5, 0.6) is 0 Å². The van der Waals surface area contributed by atoms with Crippen LogP contribution in [-0.2, 0) is 0 Å². The lowest BCUT2D eigenvalue weighted by Crippen LogP contribution is -2.33. The number of rotatable bonds is 5. The average molecular weight is 206 g/mol. The van der Waals surface area contributed by atoms with Crippen LogP contribution in [0.25, 0.3) is 0 Å². The minimum absolute atomic E-state index is 0.565. The Balaban J connectivity index is 2.58. The highest BCUT2D eigenvalue weighted by Gasteiger charge is 2.13. The van der Waals surface area contributed by atoms with E-state index in [-0.39, 0.29) is 0 Å². The fourth-order valence-electron chi connectivity index (χ4n) is 1.70. The summed E-state index contributed by atoms with van der Waals surface area (Å²) in [5, 5.41) is 0. The lowest BCUT2D eigenvalue weighted by molar-refractivity contribution is 0.398. The molecule has 0 radical (unpaired) electrons. The summed E-state index contributed by atoms with van der Waals surface area (Å²) in [6, 6.07) is 10.4. The molecule has 0 amide bonds. The van der Waals surface area contributed by atoms with Crippen LogP contribution in [0.2, 0.25) is 0 Å². The van der Waals surface area contributed by atoms with Gasteiger partial charge in [-0.15, -0.1) is 0 Å². The Labute approximate surface area is 93.1 Å². The molecule has 0 saturated heterocycles. The summed E-state index contributed by atoms with van der Waals surface area (Å²) in [4.78, 5) is 2.28. The van der Waals surface area contributed by atoms with Gasteiger partial charge >= 0.3 is 0 Å². The van der Waals surface area contributed by atoms with Crippen molar-refractivity contribution in [3.05, 3.63) is 30.3 Å². The molecule has 0 heterocycles. The number of nitrogens with two attached hydrogens (primary N) is 1. The highest BCUT2D eigenvalue weighted by atomic mass is 15.1. The molecule has 1 unspecified atom stereocenters. The molecule has 0 aliphatic heterocycles. The van der Waals surface area contributed by atoms with E-state index in [0.717, 1.165) is 13.1 Å². The van der Waals surface area contributed by atoms with Gasteiger partial charge in [0.2, 0.25) is 0 Å². The van der Waals surface area contributed by atoms with Gasteiger partial charge < -0.3 is 10.6 Å². The number of nitrogens with zero attached hydrogens (tertiary/aromatic N) is 1. The van der Waals surface area contributed by atoms with E-state index in [4.69, 9.17) is 5.73 Å². The number of hydrogen-bond donors (Lipinski definition) is 1. The van der Waals surface area contributed by atoms with E-state index in [2.05, 4.69) is 50.1 Å². The van der Waals surface area contributed by atoms with Gasteiger partial charge in [-0.1, -0.05) is 32.0 Å². The van der Waals surface area contributed by atoms with Gasteiger partial charge in [-0.3, -0.25) is 0 Å². The molecular weight excluding hydrogens is 184 g/mol. The van der Waals surface area contributed by atoms with E-state index < -0.39 is 0 Å². The predicted octanol–water partition coefficient (Wildman–Crippen LogP) is 2.35. The highest BCUT2D eigenvalue weighted by molar-refractivity contribution is 5.44. The van der Waals surface area contributed by atoms with Crippen LogP contribution in [0.15, 0.2) is 30.3 Å². The summed E-state index contributed by atoms with van der Waals surface area (Å²) in [5.41, 5.74) is 7.03. The molecule has 1 atom stereocenters.